The van der Waals surface area contributed by atoms with Gasteiger partial charge >= 0.3 is 0 Å². The molecule has 0 radical (unpaired) electrons. The van der Waals surface area contributed by atoms with Gasteiger partial charge in [-0.15, -0.1) is 0 Å². The van der Waals surface area contributed by atoms with Crippen molar-refractivity contribution in [3.63, 3.8) is 0 Å². The molecule has 0 aromatic carbocycles. The third-order valence-corrected chi connectivity index (χ3v) is 5.68. The zero-order chi connectivity index (χ0) is 11.0. The Balaban J connectivity index is 1.55. The van der Waals surface area contributed by atoms with Crippen molar-refractivity contribution in [2.24, 2.45) is 5.92 Å². The van der Waals surface area contributed by atoms with Gasteiger partial charge in [-0.1, -0.05) is 0 Å². The van der Waals surface area contributed by atoms with Gasteiger partial charge in [0, 0.05) is 54.0 Å². The lowest BCUT2D eigenvalue weighted by Gasteiger charge is -2.40. The average molecular weight is 242 g/mol. The van der Waals surface area contributed by atoms with E-state index in [4.69, 9.17) is 0 Å². The van der Waals surface area contributed by atoms with Crippen molar-refractivity contribution in [3.8, 4) is 0 Å². The largest absolute Gasteiger partial charge is 0.311 e. The quantitative estimate of drug-likeness (QED) is 0.769. The Morgan fingerprint density at radius 3 is 2.56 bits per heavy atom. The highest BCUT2D eigenvalue weighted by Crippen LogP contribution is 2.34. The molecule has 2 saturated heterocycles. The summed E-state index contributed by atoms with van der Waals surface area (Å²) in [5.74, 6) is 2.83. The van der Waals surface area contributed by atoms with E-state index in [0.717, 1.165) is 48.9 Å². The molecule has 3 fully saturated rings. The van der Waals surface area contributed by atoms with E-state index in [1.54, 1.807) is 0 Å². The van der Waals surface area contributed by atoms with Crippen molar-refractivity contribution >= 4 is 10.8 Å². The summed E-state index contributed by atoms with van der Waals surface area (Å²) in [6, 6.07) is 1.47. The van der Waals surface area contributed by atoms with Crippen LogP contribution in [0.25, 0.3) is 0 Å². The summed E-state index contributed by atoms with van der Waals surface area (Å²) in [5.41, 5.74) is 0. The van der Waals surface area contributed by atoms with Crippen LogP contribution in [0.4, 0.5) is 0 Å². The predicted octanol–water partition coefficient (Wildman–Crippen LogP) is 0.581. The Hall–Kier alpha value is 0.0700. The van der Waals surface area contributed by atoms with E-state index < -0.39 is 10.8 Å². The molecule has 3 rings (SSSR count). The molecule has 0 spiro atoms. The molecule has 2 heterocycles. The molecule has 0 aromatic rings. The van der Waals surface area contributed by atoms with Crippen molar-refractivity contribution in [2.45, 2.75) is 37.8 Å². The number of rotatable bonds is 2. The predicted molar refractivity (Wildman–Crippen MR) is 67.0 cm³/mol. The molecule has 0 aromatic heterocycles. The Morgan fingerprint density at radius 2 is 1.88 bits per heavy atom. The zero-order valence-electron chi connectivity index (χ0n) is 9.86. The fraction of sp³-hybridized carbons (Fsp3) is 1.00. The van der Waals surface area contributed by atoms with Gasteiger partial charge < -0.3 is 5.32 Å². The van der Waals surface area contributed by atoms with E-state index in [-0.39, 0.29) is 0 Å². The Bertz CT molecular complexity index is 270. The Kier molecular flexibility index (Phi) is 3.32. The van der Waals surface area contributed by atoms with E-state index in [9.17, 15) is 4.21 Å². The minimum absolute atomic E-state index is 0.513. The van der Waals surface area contributed by atoms with E-state index in [2.05, 4.69) is 10.2 Å². The van der Waals surface area contributed by atoms with Gasteiger partial charge in [0.25, 0.3) is 0 Å². The van der Waals surface area contributed by atoms with Gasteiger partial charge in [0.2, 0.25) is 0 Å². The molecule has 1 saturated carbocycles. The van der Waals surface area contributed by atoms with Crippen molar-refractivity contribution < 1.29 is 4.21 Å². The summed E-state index contributed by atoms with van der Waals surface area (Å²) >= 11 is 0. The molecule has 1 unspecified atom stereocenters. The number of hydrogen-bond acceptors (Lipinski definition) is 3. The van der Waals surface area contributed by atoms with Crippen molar-refractivity contribution in [2.75, 3.05) is 31.1 Å². The Labute approximate surface area is 100 Å². The maximum atomic E-state index is 11.4. The van der Waals surface area contributed by atoms with Gasteiger partial charge in [0.15, 0.2) is 0 Å². The molecular formula is C12H22N2OS. The smallest absolute Gasteiger partial charge is 0.0249 e. The molecule has 3 nitrogen and oxygen atoms in total. The molecule has 16 heavy (non-hydrogen) atoms. The van der Waals surface area contributed by atoms with E-state index in [1.807, 2.05) is 0 Å². The Morgan fingerprint density at radius 1 is 1.12 bits per heavy atom. The second-order valence-corrected chi connectivity index (χ2v) is 7.17. The van der Waals surface area contributed by atoms with Gasteiger partial charge in [-0.3, -0.25) is 9.11 Å². The summed E-state index contributed by atoms with van der Waals surface area (Å²) in [5, 5.41) is 3.66. The highest BCUT2D eigenvalue weighted by molar-refractivity contribution is 7.85. The maximum absolute atomic E-state index is 11.4. The van der Waals surface area contributed by atoms with Crippen LogP contribution in [-0.2, 0) is 10.8 Å². The fourth-order valence-electron chi connectivity index (χ4n) is 3.09. The van der Waals surface area contributed by atoms with Crippen LogP contribution in [0.2, 0.25) is 0 Å². The maximum Gasteiger partial charge on any atom is 0.0249 e. The van der Waals surface area contributed by atoms with Gasteiger partial charge in [-0.2, -0.15) is 0 Å². The van der Waals surface area contributed by atoms with E-state index in [0.29, 0.717) is 0 Å². The normalized spacial score (nSPS) is 42.1. The molecule has 1 N–H and O–H groups in total. The minimum atomic E-state index is -0.513. The van der Waals surface area contributed by atoms with Gasteiger partial charge in [0.05, 0.1) is 0 Å². The van der Waals surface area contributed by atoms with Crippen LogP contribution in [0.15, 0.2) is 0 Å². The second kappa shape index (κ2) is 4.75. The van der Waals surface area contributed by atoms with E-state index in [1.165, 1.54) is 25.9 Å². The summed E-state index contributed by atoms with van der Waals surface area (Å²) < 4.78 is 11.4. The molecule has 1 aliphatic carbocycles. The molecule has 3 aliphatic rings. The lowest BCUT2D eigenvalue weighted by molar-refractivity contribution is 0.128. The molecule has 4 heteroatoms. The number of piperazine rings is 1. The topological polar surface area (TPSA) is 32.3 Å². The number of nitrogens with zero attached hydrogens (tertiary/aromatic N) is 1. The first-order chi connectivity index (χ1) is 7.83. The van der Waals surface area contributed by atoms with Crippen LogP contribution in [0.5, 0.6) is 0 Å². The van der Waals surface area contributed by atoms with E-state index >= 15 is 0 Å². The van der Waals surface area contributed by atoms with Gasteiger partial charge in [-0.25, -0.2) is 0 Å². The highest BCUT2D eigenvalue weighted by atomic mass is 32.2. The zero-order valence-corrected chi connectivity index (χ0v) is 10.7. The highest BCUT2D eigenvalue weighted by Gasteiger charge is 2.36. The van der Waals surface area contributed by atoms with Crippen LogP contribution in [0, 0.1) is 5.92 Å². The third-order valence-electron chi connectivity index (χ3n) is 4.30. The van der Waals surface area contributed by atoms with Crippen LogP contribution >= 0.6 is 0 Å². The number of nitrogens with one attached hydrogen (secondary N) is 1. The molecule has 0 bridgehead atoms. The first-order valence-electron chi connectivity index (χ1n) is 6.65. The van der Waals surface area contributed by atoms with Crippen molar-refractivity contribution in [1.29, 1.82) is 0 Å². The molecular weight excluding hydrogens is 220 g/mol. The van der Waals surface area contributed by atoms with Crippen molar-refractivity contribution in [1.82, 2.24) is 10.2 Å². The van der Waals surface area contributed by atoms with Gasteiger partial charge in [-0.05, 0) is 31.6 Å². The first kappa shape index (κ1) is 11.2. The summed E-state index contributed by atoms with van der Waals surface area (Å²) in [6.45, 7) is 3.59. The fourth-order valence-corrected chi connectivity index (χ4v) is 4.37. The standard InChI is InChI=1S/C12H22N2OS/c15-16-7-3-11(4-8-16)14-6-5-13-12(9-14)10-1-2-10/h10-13H,1-9H2. The molecule has 0 amide bonds. The summed E-state index contributed by atoms with van der Waals surface area (Å²) in [7, 11) is -0.513. The van der Waals surface area contributed by atoms with Crippen LogP contribution in [0.1, 0.15) is 25.7 Å². The first-order valence-corrected chi connectivity index (χ1v) is 8.14. The monoisotopic (exact) mass is 242 g/mol. The molecule has 2 aliphatic heterocycles. The van der Waals surface area contributed by atoms with Crippen LogP contribution < -0.4 is 5.32 Å². The molecule has 92 valence electrons. The lowest BCUT2D eigenvalue weighted by atomic mass is 10.0. The summed E-state index contributed by atoms with van der Waals surface area (Å²) in [6.07, 6.45) is 5.17. The van der Waals surface area contributed by atoms with Gasteiger partial charge in [0.1, 0.15) is 0 Å². The number of hydrogen-bond donors (Lipinski definition) is 1. The third kappa shape index (κ3) is 2.49. The van der Waals surface area contributed by atoms with Crippen LogP contribution in [-0.4, -0.2) is 52.3 Å². The lowest BCUT2D eigenvalue weighted by Crippen LogP contribution is -2.55. The van der Waals surface area contributed by atoms with Crippen LogP contribution in [0.3, 0.4) is 0 Å². The van der Waals surface area contributed by atoms with Crippen molar-refractivity contribution in [3.05, 3.63) is 0 Å². The summed E-state index contributed by atoms with van der Waals surface area (Å²) in [4.78, 5) is 2.66. The SMILES string of the molecule is O=S1CCC(N2CCNC(C3CC3)C2)CC1. The minimum Gasteiger partial charge on any atom is -0.311 e. The average Bonchev–Trinajstić information content (AvgIpc) is 3.14. The molecule has 1 atom stereocenters. The second-order valence-electron chi connectivity index (χ2n) is 5.47.